The lowest BCUT2D eigenvalue weighted by molar-refractivity contribution is -0.256. The first kappa shape index (κ1) is 17.2. The Morgan fingerprint density at radius 2 is 2.00 bits per heavy atom. The molecule has 9 atom stereocenters. The highest BCUT2D eigenvalue weighted by atomic mass is 16.7. The van der Waals surface area contributed by atoms with Crippen molar-refractivity contribution in [1.82, 2.24) is 5.32 Å². The van der Waals surface area contributed by atoms with E-state index in [4.69, 9.17) is 19.9 Å². The van der Waals surface area contributed by atoms with Gasteiger partial charge in [-0.2, -0.15) is 0 Å². The molecule has 0 radical (unpaired) electrons. The molecule has 4 aliphatic rings. The molecule has 4 rings (SSSR count). The van der Waals surface area contributed by atoms with Crippen molar-refractivity contribution in [2.24, 2.45) is 10.7 Å². The summed E-state index contributed by atoms with van der Waals surface area (Å²) in [6, 6.07) is -1.33. The van der Waals surface area contributed by atoms with Crippen LogP contribution in [0.4, 0.5) is 0 Å². The number of hydrogen-bond donors (Lipinski definition) is 4. The SMILES string of the molecule is CN[C@@H]1[C@@H](O)[C@H](O[C@@H]2O[C@H]3CC[C@@H]2N=C3C)[C@H](N)[C@@H](O)[C@H]1OC. The second-order valence-corrected chi connectivity index (χ2v) is 6.58. The predicted octanol–water partition coefficient (Wildman–Crippen LogP) is -1.61. The number of nitrogens with one attached hydrogen (secondary N) is 1. The van der Waals surface area contributed by atoms with Crippen molar-refractivity contribution in [2.75, 3.05) is 14.2 Å². The molecule has 0 aromatic rings. The fourth-order valence-corrected chi connectivity index (χ4v) is 3.88. The third-order valence-corrected chi connectivity index (χ3v) is 5.24. The number of nitrogens with two attached hydrogens (primary N) is 1. The van der Waals surface area contributed by atoms with Crippen molar-refractivity contribution in [3.05, 3.63) is 0 Å². The van der Waals surface area contributed by atoms with E-state index in [0.29, 0.717) is 0 Å². The van der Waals surface area contributed by atoms with Crippen LogP contribution in [0.3, 0.4) is 0 Å². The first-order chi connectivity index (χ1) is 11.0. The second kappa shape index (κ2) is 6.72. The lowest BCUT2D eigenvalue weighted by Gasteiger charge is -2.48. The van der Waals surface area contributed by atoms with E-state index in [1.165, 1.54) is 7.11 Å². The van der Waals surface area contributed by atoms with Crippen LogP contribution >= 0.6 is 0 Å². The van der Waals surface area contributed by atoms with Gasteiger partial charge in [0.15, 0.2) is 6.29 Å². The maximum Gasteiger partial charge on any atom is 0.181 e. The average molecular weight is 329 g/mol. The molecule has 0 unspecified atom stereocenters. The van der Waals surface area contributed by atoms with E-state index in [9.17, 15) is 10.2 Å². The maximum absolute atomic E-state index is 10.6. The number of rotatable bonds is 4. The van der Waals surface area contributed by atoms with Gasteiger partial charge < -0.3 is 35.5 Å². The first-order valence-electron chi connectivity index (χ1n) is 8.15. The normalized spacial score (nSPS) is 50.0. The molecular weight excluding hydrogens is 302 g/mol. The van der Waals surface area contributed by atoms with Crippen molar-refractivity contribution in [3.63, 3.8) is 0 Å². The highest BCUT2D eigenvalue weighted by Gasteiger charge is 2.51. The van der Waals surface area contributed by atoms with E-state index in [0.717, 1.165) is 18.6 Å². The van der Waals surface area contributed by atoms with Crippen LogP contribution in [0.25, 0.3) is 0 Å². The zero-order valence-electron chi connectivity index (χ0n) is 13.8. The summed E-state index contributed by atoms with van der Waals surface area (Å²) in [5.41, 5.74) is 7.09. The van der Waals surface area contributed by atoms with Crippen molar-refractivity contribution in [3.8, 4) is 0 Å². The Kier molecular flexibility index (Phi) is 5.03. The standard InChI is InChI=1S/C15H27N3O5/c1-6-8-5-4-7(18-6)15(22-8)23-13-9(16)11(19)14(21-3)10(17-2)12(13)20/h7-15,17,19-20H,4-5,16H2,1-3H3/t7-,8-,9+,10+,11+,12+,13+,14-,15-/m0/s1. The largest absolute Gasteiger partial charge is 0.389 e. The summed E-state index contributed by atoms with van der Waals surface area (Å²) in [4.78, 5) is 4.58. The van der Waals surface area contributed by atoms with Gasteiger partial charge in [-0.15, -0.1) is 0 Å². The van der Waals surface area contributed by atoms with Gasteiger partial charge in [-0.3, -0.25) is 4.99 Å². The maximum atomic E-state index is 10.6. The summed E-state index contributed by atoms with van der Waals surface area (Å²) in [7, 11) is 3.19. The molecular formula is C15H27N3O5. The zero-order valence-corrected chi connectivity index (χ0v) is 13.8. The Morgan fingerprint density at radius 3 is 2.52 bits per heavy atom. The minimum Gasteiger partial charge on any atom is -0.389 e. The van der Waals surface area contributed by atoms with Gasteiger partial charge in [0.2, 0.25) is 0 Å². The summed E-state index contributed by atoms with van der Waals surface area (Å²) < 4.78 is 17.2. The Hall–Kier alpha value is -0.610. The van der Waals surface area contributed by atoms with Crippen molar-refractivity contribution in [2.45, 2.75) is 74.7 Å². The number of likely N-dealkylation sites (N-methyl/N-ethyl adjacent to an activating group) is 1. The molecule has 1 saturated heterocycles. The minimum absolute atomic E-state index is 0.0290. The Labute approximate surface area is 136 Å². The van der Waals surface area contributed by atoms with Crippen LogP contribution in [0.1, 0.15) is 19.8 Å². The van der Waals surface area contributed by atoms with Crippen LogP contribution in [0, 0.1) is 0 Å². The van der Waals surface area contributed by atoms with Gasteiger partial charge in [0.05, 0.1) is 30.4 Å². The molecule has 2 fully saturated rings. The van der Waals surface area contributed by atoms with Crippen LogP contribution in [0.15, 0.2) is 4.99 Å². The van der Waals surface area contributed by atoms with Crippen LogP contribution in [0.5, 0.6) is 0 Å². The van der Waals surface area contributed by atoms with Crippen LogP contribution in [-0.4, -0.2) is 85.0 Å². The average Bonchev–Trinajstić information content (AvgIpc) is 2.55. The Morgan fingerprint density at radius 1 is 1.26 bits per heavy atom. The molecule has 0 aromatic heterocycles. The lowest BCUT2D eigenvalue weighted by atomic mass is 9.81. The molecule has 8 heteroatoms. The molecule has 5 N–H and O–H groups in total. The summed E-state index contributed by atoms with van der Waals surface area (Å²) in [5, 5.41) is 24.0. The van der Waals surface area contributed by atoms with Crippen molar-refractivity contribution >= 4 is 5.71 Å². The molecule has 23 heavy (non-hydrogen) atoms. The first-order valence-corrected chi connectivity index (χ1v) is 8.15. The van der Waals surface area contributed by atoms with Gasteiger partial charge in [-0.1, -0.05) is 0 Å². The number of fused-ring (bicyclic) bond motifs is 2. The molecule has 0 aromatic carbocycles. The molecule has 132 valence electrons. The number of hydrogen-bond acceptors (Lipinski definition) is 8. The molecule has 8 nitrogen and oxygen atoms in total. The number of aliphatic imine (C=N–C) groups is 1. The van der Waals surface area contributed by atoms with Crippen LogP contribution in [0.2, 0.25) is 0 Å². The highest BCUT2D eigenvalue weighted by molar-refractivity contribution is 5.87. The zero-order chi connectivity index (χ0) is 16.7. The number of methoxy groups -OCH3 is 1. The number of ether oxygens (including phenoxy) is 3. The predicted molar refractivity (Wildman–Crippen MR) is 83.3 cm³/mol. The molecule has 0 amide bonds. The molecule has 2 bridgehead atoms. The van der Waals surface area contributed by atoms with E-state index in [1.807, 2.05) is 6.92 Å². The second-order valence-electron chi connectivity index (χ2n) is 6.58. The quantitative estimate of drug-likeness (QED) is 0.490. The van der Waals surface area contributed by atoms with Gasteiger partial charge in [0.1, 0.15) is 18.2 Å². The molecule has 1 saturated carbocycles. The number of aliphatic hydroxyl groups excluding tert-OH is 2. The smallest absolute Gasteiger partial charge is 0.181 e. The summed E-state index contributed by atoms with van der Waals surface area (Å²) in [5.74, 6) is 0. The minimum atomic E-state index is -0.947. The fraction of sp³-hybridized carbons (Fsp3) is 0.933. The Bertz CT molecular complexity index is 462. The summed E-state index contributed by atoms with van der Waals surface area (Å²) >= 11 is 0. The summed E-state index contributed by atoms with van der Waals surface area (Å²) in [6.45, 7) is 1.96. The van der Waals surface area contributed by atoms with Crippen molar-refractivity contribution < 1.29 is 24.4 Å². The highest BCUT2D eigenvalue weighted by Crippen LogP contribution is 2.33. The van der Waals surface area contributed by atoms with Gasteiger partial charge in [-0.25, -0.2) is 0 Å². The third-order valence-electron chi connectivity index (χ3n) is 5.24. The third kappa shape index (κ3) is 2.93. The molecule has 3 aliphatic heterocycles. The lowest BCUT2D eigenvalue weighted by Crippen LogP contribution is -2.71. The monoisotopic (exact) mass is 329 g/mol. The van der Waals surface area contributed by atoms with E-state index < -0.39 is 42.8 Å². The fourth-order valence-electron chi connectivity index (χ4n) is 3.88. The van der Waals surface area contributed by atoms with Gasteiger partial charge in [0.25, 0.3) is 0 Å². The van der Waals surface area contributed by atoms with E-state index in [1.54, 1.807) is 7.05 Å². The van der Waals surface area contributed by atoms with Crippen LogP contribution in [-0.2, 0) is 14.2 Å². The van der Waals surface area contributed by atoms with Crippen LogP contribution < -0.4 is 11.1 Å². The van der Waals surface area contributed by atoms with Gasteiger partial charge in [0, 0.05) is 12.8 Å². The van der Waals surface area contributed by atoms with Gasteiger partial charge in [-0.05, 0) is 26.8 Å². The van der Waals surface area contributed by atoms with E-state index in [-0.39, 0.29) is 12.1 Å². The topological polar surface area (TPSA) is 119 Å². The van der Waals surface area contributed by atoms with Gasteiger partial charge >= 0.3 is 0 Å². The van der Waals surface area contributed by atoms with E-state index in [2.05, 4.69) is 10.3 Å². The molecule has 0 spiro atoms. The van der Waals surface area contributed by atoms with E-state index >= 15 is 0 Å². The number of aliphatic hydroxyl groups is 2. The molecule has 3 heterocycles. The number of nitrogens with zero attached hydrogens (tertiary/aromatic N) is 1. The molecule has 1 aliphatic carbocycles. The summed E-state index contributed by atoms with van der Waals surface area (Å²) in [6.07, 6.45) is -1.96. The Balaban J connectivity index is 1.74. The van der Waals surface area contributed by atoms with Crippen molar-refractivity contribution in [1.29, 1.82) is 0 Å².